The maximum Gasteiger partial charge on any atom is 0.0751 e. The second-order valence-corrected chi connectivity index (χ2v) is 6.80. The molecule has 0 aliphatic carbocycles. The first-order valence-electron chi connectivity index (χ1n) is 4.77. The molecule has 3 heteroatoms. The summed E-state index contributed by atoms with van der Waals surface area (Å²) >= 11 is 5.98. The van der Waals surface area contributed by atoms with E-state index in [1.165, 1.54) is 28.4 Å². The summed E-state index contributed by atoms with van der Waals surface area (Å²) in [5.74, 6) is 2.64. The van der Waals surface area contributed by atoms with Crippen LogP contribution in [0.4, 0.5) is 0 Å². The SMILES string of the molecule is CSc1ccc(C2SCCCS2)cc1. The van der Waals surface area contributed by atoms with Gasteiger partial charge >= 0.3 is 0 Å². The Balaban J connectivity index is 2.07. The lowest BCUT2D eigenvalue weighted by Gasteiger charge is -2.21. The Bertz CT molecular complexity index is 275. The molecular formula is C11H14S3. The number of benzene rings is 1. The van der Waals surface area contributed by atoms with Gasteiger partial charge in [0.05, 0.1) is 4.58 Å². The molecule has 1 aliphatic heterocycles. The van der Waals surface area contributed by atoms with Crippen LogP contribution in [0.1, 0.15) is 16.6 Å². The molecule has 2 rings (SSSR count). The number of hydrogen-bond donors (Lipinski definition) is 0. The van der Waals surface area contributed by atoms with E-state index in [1.807, 2.05) is 11.8 Å². The molecule has 0 nitrogen and oxygen atoms in total. The van der Waals surface area contributed by atoms with Gasteiger partial charge in [0.1, 0.15) is 0 Å². The van der Waals surface area contributed by atoms with E-state index in [1.54, 1.807) is 0 Å². The van der Waals surface area contributed by atoms with Gasteiger partial charge in [0.25, 0.3) is 0 Å². The predicted molar refractivity (Wildman–Crippen MR) is 70.5 cm³/mol. The molecule has 0 unspecified atom stereocenters. The molecule has 0 bridgehead atoms. The minimum absolute atomic E-state index is 0.680. The molecular weight excluding hydrogens is 228 g/mol. The number of hydrogen-bond acceptors (Lipinski definition) is 3. The van der Waals surface area contributed by atoms with Crippen molar-refractivity contribution in [3.05, 3.63) is 29.8 Å². The van der Waals surface area contributed by atoms with Crippen LogP contribution in [0.25, 0.3) is 0 Å². The van der Waals surface area contributed by atoms with Crippen LogP contribution >= 0.6 is 35.3 Å². The van der Waals surface area contributed by atoms with Crippen LogP contribution < -0.4 is 0 Å². The van der Waals surface area contributed by atoms with E-state index < -0.39 is 0 Å². The van der Waals surface area contributed by atoms with E-state index in [9.17, 15) is 0 Å². The first-order chi connectivity index (χ1) is 6.90. The fourth-order valence-electron chi connectivity index (χ4n) is 1.44. The van der Waals surface area contributed by atoms with Gasteiger partial charge in [0.15, 0.2) is 0 Å². The van der Waals surface area contributed by atoms with E-state index in [4.69, 9.17) is 0 Å². The van der Waals surface area contributed by atoms with Crippen molar-refractivity contribution in [1.29, 1.82) is 0 Å². The second kappa shape index (κ2) is 5.38. The molecule has 0 radical (unpaired) electrons. The highest BCUT2D eigenvalue weighted by atomic mass is 32.2. The second-order valence-electron chi connectivity index (χ2n) is 3.20. The molecule has 1 aromatic carbocycles. The molecule has 1 aromatic rings. The lowest BCUT2D eigenvalue weighted by atomic mass is 10.2. The normalized spacial score (nSPS) is 18.4. The van der Waals surface area contributed by atoms with Crippen molar-refractivity contribution >= 4 is 35.3 Å². The van der Waals surface area contributed by atoms with Crippen LogP contribution in [-0.2, 0) is 0 Å². The summed E-state index contributed by atoms with van der Waals surface area (Å²) in [6.07, 6.45) is 3.49. The Morgan fingerprint density at radius 2 is 1.79 bits per heavy atom. The molecule has 1 heterocycles. The average Bonchev–Trinajstić information content (AvgIpc) is 2.30. The molecule has 1 saturated heterocycles. The van der Waals surface area contributed by atoms with Crippen molar-refractivity contribution in [3.63, 3.8) is 0 Å². The van der Waals surface area contributed by atoms with Gasteiger partial charge in [0, 0.05) is 4.90 Å². The topological polar surface area (TPSA) is 0 Å². The van der Waals surface area contributed by atoms with Gasteiger partial charge in [-0.25, -0.2) is 0 Å². The van der Waals surface area contributed by atoms with Crippen molar-refractivity contribution in [3.8, 4) is 0 Å². The third-order valence-electron chi connectivity index (χ3n) is 2.22. The third-order valence-corrected chi connectivity index (χ3v) is 5.97. The molecule has 0 N–H and O–H groups in total. The molecule has 0 aromatic heterocycles. The van der Waals surface area contributed by atoms with Crippen LogP contribution in [0, 0.1) is 0 Å². The molecule has 76 valence electrons. The van der Waals surface area contributed by atoms with E-state index >= 15 is 0 Å². The smallest absolute Gasteiger partial charge is 0.0751 e. The lowest BCUT2D eigenvalue weighted by Crippen LogP contribution is -1.99. The minimum Gasteiger partial charge on any atom is -0.143 e. The van der Waals surface area contributed by atoms with Crippen LogP contribution in [0.3, 0.4) is 0 Å². The third kappa shape index (κ3) is 2.65. The zero-order chi connectivity index (χ0) is 9.80. The van der Waals surface area contributed by atoms with Gasteiger partial charge in [-0.2, -0.15) is 0 Å². The summed E-state index contributed by atoms with van der Waals surface area (Å²) in [4.78, 5) is 1.36. The van der Waals surface area contributed by atoms with Crippen molar-refractivity contribution in [2.45, 2.75) is 15.9 Å². The van der Waals surface area contributed by atoms with Gasteiger partial charge in [-0.05, 0) is 41.9 Å². The van der Waals surface area contributed by atoms with E-state index in [0.717, 1.165) is 0 Å². The fourth-order valence-corrected chi connectivity index (χ4v) is 4.74. The first kappa shape index (κ1) is 10.8. The Labute approximate surface area is 98.6 Å². The quantitative estimate of drug-likeness (QED) is 0.711. The monoisotopic (exact) mass is 242 g/mol. The molecule has 0 spiro atoms. The van der Waals surface area contributed by atoms with Crippen molar-refractivity contribution in [2.75, 3.05) is 17.8 Å². The molecule has 0 atom stereocenters. The van der Waals surface area contributed by atoms with Gasteiger partial charge in [-0.3, -0.25) is 0 Å². The number of thioether (sulfide) groups is 3. The van der Waals surface area contributed by atoms with E-state index in [-0.39, 0.29) is 0 Å². The Kier molecular flexibility index (Phi) is 4.14. The molecule has 14 heavy (non-hydrogen) atoms. The highest BCUT2D eigenvalue weighted by molar-refractivity contribution is 8.16. The Hall–Kier alpha value is 0.270. The van der Waals surface area contributed by atoms with Gasteiger partial charge in [0.2, 0.25) is 0 Å². The average molecular weight is 242 g/mol. The van der Waals surface area contributed by atoms with Crippen LogP contribution in [0.2, 0.25) is 0 Å². The predicted octanol–water partition coefficient (Wildman–Crippen LogP) is 4.28. The zero-order valence-electron chi connectivity index (χ0n) is 8.23. The molecule has 0 amide bonds. The van der Waals surface area contributed by atoms with Gasteiger partial charge < -0.3 is 0 Å². The van der Waals surface area contributed by atoms with Crippen molar-refractivity contribution in [2.24, 2.45) is 0 Å². The fraction of sp³-hybridized carbons (Fsp3) is 0.455. The van der Waals surface area contributed by atoms with Crippen LogP contribution in [-0.4, -0.2) is 17.8 Å². The minimum atomic E-state index is 0.680. The summed E-state index contributed by atoms with van der Waals surface area (Å²) in [6.45, 7) is 0. The van der Waals surface area contributed by atoms with E-state index in [0.29, 0.717) is 4.58 Å². The highest BCUT2D eigenvalue weighted by Gasteiger charge is 2.15. The van der Waals surface area contributed by atoms with Gasteiger partial charge in [-0.15, -0.1) is 35.3 Å². The molecule has 1 aliphatic rings. The summed E-state index contributed by atoms with van der Waals surface area (Å²) < 4.78 is 0.680. The largest absolute Gasteiger partial charge is 0.143 e. The summed E-state index contributed by atoms with van der Waals surface area (Å²) in [5.41, 5.74) is 1.48. The first-order valence-corrected chi connectivity index (χ1v) is 8.09. The standard InChI is InChI=1S/C11H14S3/c1-12-10-5-3-9(4-6-10)11-13-7-2-8-14-11/h3-6,11H,2,7-8H2,1H3. The van der Waals surface area contributed by atoms with Crippen LogP contribution in [0.15, 0.2) is 29.2 Å². The Morgan fingerprint density at radius 3 is 2.36 bits per heavy atom. The van der Waals surface area contributed by atoms with Crippen LogP contribution in [0.5, 0.6) is 0 Å². The maximum absolute atomic E-state index is 2.28. The highest BCUT2D eigenvalue weighted by Crippen LogP contribution is 2.43. The van der Waals surface area contributed by atoms with E-state index in [2.05, 4.69) is 54.0 Å². The number of rotatable bonds is 2. The summed E-state index contributed by atoms with van der Waals surface area (Å²) in [7, 11) is 0. The maximum atomic E-state index is 2.28. The zero-order valence-corrected chi connectivity index (χ0v) is 10.7. The Morgan fingerprint density at radius 1 is 1.14 bits per heavy atom. The van der Waals surface area contributed by atoms with Gasteiger partial charge in [-0.1, -0.05) is 12.1 Å². The lowest BCUT2D eigenvalue weighted by molar-refractivity contribution is 1.10. The summed E-state index contributed by atoms with van der Waals surface area (Å²) in [5, 5.41) is 0. The molecule has 1 fully saturated rings. The van der Waals surface area contributed by atoms with Crippen molar-refractivity contribution < 1.29 is 0 Å². The summed E-state index contributed by atoms with van der Waals surface area (Å²) in [6, 6.07) is 9.02. The molecule has 0 saturated carbocycles. The van der Waals surface area contributed by atoms with Crippen molar-refractivity contribution in [1.82, 2.24) is 0 Å².